The third-order valence-corrected chi connectivity index (χ3v) is 14.8. The maximum Gasteiger partial charge on any atom is 0.472 e. The van der Waals surface area contributed by atoms with Crippen molar-refractivity contribution in [3.05, 3.63) is 24.3 Å². The van der Waals surface area contributed by atoms with E-state index in [0.29, 0.717) is 19.3 Å². The van der Waals surface area contributed by atoms with E-state index in [4.69, 9.17) is 23.3 Å². The Hall–Kier alpha value is -2.04. The maximum atomic E-state index is 12.9. The normalized spacial score (nSPS) is 13.4. The molecule has 12 heteroatoms. The van der Waals surface area contributed by atoms with E-state index in [1.165, 1.54) is 173 Å². The van der Waals surface area contributed by atoms with E-state index >= 15 is 0 Å². The predicted octanol–water partition coefficient (Wildman–Crippen LogP) is 18.6. The molecular weight excluding hydrogens is 952 g/mol. The molecule has 3 unspecified atom stereocenters. The first-order chi connectivity index (χ1) is 36.2. The Morgan fingerprint density at radius 1 is 0.365 bits per heavy atom. The van der Waals surface area contributed by atoms with E-state index in [2.05, 4.69) is 45.1 Å². The highest BCUT2D eigenvalue weighted by Crippen LogP contribution is 2.43. The van der Waals surface area contributed by atoms with Crippen molar-refractivity contribution in [2.24, 2.45) is 0 Å². The third kappa shape index (κ3) is 54.7. The van der Waals surface area contributed by atoms with Gasteiger partial charge in [0.05, 0.1) is 19.8 Å². The molecule has 0 amide bonds. The summed E-state index contributed by atoms with van der Waals surface area (Å²) in [6.45, 7) is 4.68. The van der Waals surface area contributed by atoms with Gasteiger partial charge in [-0.25, -0.2) is 4.57 Å². The van der Waals surface area contributed by atoms with Crippen LogP contribution >= 0.6 is 7.82 Å². The quantitative estimate of drug-likeness (QED) is 0.0197. The van der Waals surface area contributed by atoms with Crippen molar-refractivity contribution in [2.75, 3.05) is 26.4 Å². The molecule has 11 nitrogen and oxygen atoms in total. The van der Waals surface area contributed by atoms with Gasteiger partial charge in [-0.15, -0.1) is 0 Å². The van der Waals surface area contributed by atoms with Gasteiger partial charge in [0.25, 0.3) is 0 Å². The number of aliphatic hydroxyl groups is 1. The van der Waals surface area contributed by atoms with E-state index in [9.17, 15) is 28.9 Å². The summed E-state index contributed by atoms with van der Waals surface area (Å²) in [6.07, 6.45) is 58.4. The molecule has 0 saturated heterocycles. The van der Waals surface area contributed by atoms with Gasteiger partial charge in [-0.3, -0.25) is 23.4 Å². The van der Waals surface area contributed by atoms with Crippen molar-refractivity contribution < 1.29 is 52.2 Å². The Morgan fingerprint density at radius 2 is 0.622 bits per heavy atom. The molecule has 0 radical (unpaired) electrons. The van der Waals surface area contributed by atoms with E-state index < -0.39 is 57.8 Å². The van der Waals surface area contributed by atoms with E-state index in [1.807, 2.05) is 0 Å². The van der Waals surface area contributed by atoms with E-state index in [-0.39, 0.29) is 25.9 Å². The smallest absolute Gasteiger partial charge is 0.462 e. The SMILES string of the molecule is CCCCCC/C=C\CCCCCCCC(=O)OC(CO)COP(=O)(O)OCC(COC(=O)CCCCCCCCCCCCCCCCCCC)OC(=O)CCCCCCCCC/C=C\CCCCCCCC. The van der Waals surface area contributed by atoms with Crippen molar-refractivity contribution in [2.45, 2.75) is 328 Å². The predicted molar refractivity (Wildman–Crippen MR) is 307 cm³/mol. The zero-order chi connectivity index (χ0) is 54.1. The van der Waals surface area contributed by atoms with Crippen LogP contribution in [-0.2, 0) is 42.2 Å². The van der Waals surface area contributed by atoms with Gasteiger partial charge in [-0.1, -0.05) is 251 Å². The summed E-state index contributed by atoms with van der Waals surface area (Å²) < 4.78 is 39.6. The lowest BCUT2D eigenvalue weighted by atomic mass is 10.0. The Balaban J connectivity index is 4.68. The second kappa shape index (κ2) is 57.1. The summed E-state index contributed by atoms with van der Waals surface area (Å²) in [6, 6.07) is 0. The molecule has 0 aromatic carbocycles. The minimum absolute atomic E-state index is 0.167. The van der Waals surface area contributed by atoms with Gasteiger partial charge in [-0.2, -0.15) is 0 Å². The van der Waals surface area contributed by atoms with Crippen LogP contribution in [0.1, 0.15) is 316 Å². The van der Waals surface area contributed by atoms with Gasteiger partial charge in [0, 0.05) is 19.3 Å². The van der Waals surface area contributed by atoms with Crippen molar-refractivity contribution in [3.63, 3.8) is 0 Å². The molecule has 0 spiro atoms. The Morgan fingerprint density at radius 3 is 0.946 bits per heavy atom. The molecule has 0 saturated carbocycles. The molecule has 2 N–H and O–H groups in total. The minimum atomic E-state index is -4.75. The number of esters is 3. The Kier molecular flexibility index (Phi) is 55.6. The molecule has 0 rings (SSSR count). The van der Waals surface area contributed by atoms with Crippen LogP contribution in [0.5, 0.6) is 0 Å². The molecule has 0 aliphatic rings. The lowest BCUT2D eigenvalue weighted by Gasteiger charge is -2.21. The number of phosphoric ester groups is 1. The average Bonchev–Trinajstić information content (AvgIpc) is 3.39. The number of ether oxygens (including phenoxy) is 3. The molecule has 74 heavy (non-hydrogen) atoms. The first kappa shape index (κ1) is 72.0. The van der Waals surface area contributed by atoms with Crippen molar-refractivity contribution in [1.29, 1.82) is 0 Å². The van der Waals surface area contributed by atoms with E-state index in [0.717, 1.165) is 83.5 Å². The maximum absolute atomic E-state index is 12.9. The average molecular weight is 1070 g/mol. The summed E-state index contributed by atoms with van der Waals surface area (Å²) in [4.78, 5) is 48.6. The van der Waals surface area contributed by atoms with Gasteiger partial charge in [-0.05, 0) is 70.6 Å². The second-order valence-electron chi connectivity index (χ2n) is 21.2. The minimum Gasteiger partial charge on any atom is -0.462 e. The fraction of sp³-hybridized carbons (Fsp3) is 0.887. The van der Waals surface area contributed by atoms with Crippen LogP contribution in [0.15, 0.2) is 24.3 Å². The van der Waals surface area contributed by atoms with Crippen LogP contribution in [0, 0.1) is 0 Å². The van der Waals surface area contributed by atoms with Crippen LogP contribution in [0.3, 0.4) is 0 Å². The number of unbranched alkanes of at least 4 members (excludes halogenated alkanes) is 38. The number of carbonyl (C=O) groups is 3. The molecule has 0 bridgehead atoms. The molecule has 0 aliphatic heterocycles. The number of aliphatic hydroxyl groups excluding tert-OH is 1. The molecule has 436 valence electrons. The lowest BCUT2D eigenvalue weighted by molar-refractivity contribution is -0.161. The van der Waals surface area contributed by atoms with Crippen molar-refractivity contribution >= 4 is 25.7 Å². The Labute approximate surface area is 455 Å². The third-order valence-electron chi connectivity index (χ3n) is 13.8. The van der Waals surface area contributed by atoms with Crippen LogP contribution in [0.4, 0.5) is 0 Å². The highest BCUT2D eigenvalue weighted by Gasteiger charge is 2.28. The molecular formula is C62H117O11P. The molecule has 0 aromatic rings. The van der Waals surface area contributed by atoms with Gasteiger partial charge < -0.3 is 24.2 Å². The molecule has 0 heterocycles. The van der Waals surface area contributed by atoms with Gasteiger partial charge in [0.2, 0.25) is 0 Å². The number of allylic oxidation sites excluding steroid dienone is 4. The fourth-order valence-corrected chi connectivity index (χ4v) is 9.84. The number of hydrogen-bond acceptors (Lipinski definition) is 10. The molecule has 3 atom stereocenters. The number of phosphoric acid groups is 1. The zero-order valence-corrected chi connectivity index (χ0v) is 49.2. The van der Waals surface area contributed by atoms with E-state index in [1.54, 1.807) is 0 Å². The standard InChI is InChI=1S/C62H117O11P/c1-4-7-10-13-16-19-22-25-27-29-31-34-36-39-42-45-48-51-60(64)69-55-59(73-62(66)53-50-47-44-41-38-35-32-30-28-26-23-20-17-14-11-8-5-2)57-71-74(67,68)70-56-58(54-63)72-61(65)52-49-46-43-40-37-33-24-21-18-15-12-9-6-3/h21,24,26,28,58-59,63H,4-20,22-23,25,27,29-57H2,1-3H3,(H,67,68)/b24-21-,28-26-. The van der Waals surface area contributed by atoms with Crippen LogP contribution in [-0.4, -0.2) is 66.5 Å². The second-order valence-corrected chi connectivity index (χ2v) is 22.7. The lowest BCUT2D eigenvalue weighted by Crippen LogP contribution is -2.30. The number of hydrogen-bond donors (Lipinski definition) is 2. The van der Waals surface area contributed by atoms with Crippen LogP contribution in [0.25, 0.3) is 0 Å². The molecule has 0 aliphatic carbocycles. The van der Waals surface area contributed by atoms with Crippen molar-refractivity contribution in [3.8, 4) is 0 Å². The summed E-state index contributed by atoms with van der Waals surface area (Å²) in [5, 5.41) is 9.82. The number of carbonyl (C=O) groups excluding carboxylic acids is 3. The van der Waals surface area contributed by atoms with Crippen LogP contribution in [0.2, 0.25) is 0 Å². The Bertz CT molecular complexity index is 1340. The van der Waals surface area contributed by atoms with Gasteiger partial charge >= 0.3 is 25.7 Å². The largest absolute Gasteiger partial charge is 0.472 e. The van der Waals surface area contributed by atoms with Gasteiger partial charge in [0.15, 0.2) is 6.10 Å². The molecule has 0 aromatic heterocycles. The summed E-state index contributed by atoms with van der Waals surface area (Å²) in [5.74, 6) is -1.45. The summed E-state index contributed by atoms with van der Waals surface area (Å²) in [5.41, 5.74) is 0. The molecule has 0 fully saturated rings. The highest BCUT2D eigenvalue weighted by molar-refractivity contribution is 7.47. The fourth-order valence-electron chi connectivity index (χ4n) is 9.05. The monoisotopic (exact) mass is 1070 g/mol. The highest BCUT2D eigenvalue weighted by atomic mass is 31.2. The number of rotatable bonds is 59. The van der Waals surface area contributed by atoms with Gasteiger partial charge in [0.1, 0.15) is 12.7 Å². The first-order valence-corrected chi connectivity index (χ1v) is 32.7. The first-order valence-electron chi connectivity index (χ1n) is 31.2. The topological polar surface area (TPSA) is 155 Å². The van der Waals surface area contributed by atoms with Crippen molar-refractivity contribution in [1.82, 2.24) is 0 Å². The summed E-state index contributed by atoms with van der Waals surface area (Å²) in [7, 11) is -4.75. The zero-order valence-electron chi connectivity index (χ0n) is 48.3. The summed E-state index contributed by atoms with van der Waals surface area (Å²) >= 11 is 0. The van der Waals surface area contributed by atoms with Crippen LogP contribution < -0.4 is 0 Å².